The van der Waals surface area contributed by atoms with Crippen molar-refractivity contribution in [2.75, 3.05) is 24.5 Å². The van der Waals surface area contributed by atoms with Gasteiger partial charge in [-0.05, 0) is 43.5 Å². The van der Waals surface area contributed by atoms with Crippen molar-refractivity contribution in [3.05, 3.63) is 29.3 Å². The number of anilines is 1. The van der Waals surface area contributed by atoms with Crippen LogP contribution in [0.2, 0.25) is 0 Å². The summed E-state index contributed by atoms with van der Waals surface area (Å²) in [7, 11) is 0. The minimum atomic E-state index is -3.16. The zero-order valence-corrected chi connectivity index (χ0v) is 14.5. The third kappa shape index (κ3) is 4.64. The summed E-state index contributed by atoms with van der Waals surface area (Å²) in [5.41, 5.74) is 7.69. The van der Waals surface area contributed by atoms with Crippen LogP contribution in [0.5, 0.6) is 0 Å². The number of carbonyl (C=O) groups excluding carboxylic acids is 2. The van der Waals surface area contributed by atoms with Gasteiger partial charge in [0.1, 0.15) is 5.92 Å². The monoisotopic (exact) mass is 361 g/mol. The van der Waals surface area contributed by atoms with Crippen LogP contribution in [0, 0.1) is 19.8 Å². The maximum absolute atomic E-state index is 13.1. The summed E-state index contributed by atoms with van der Waals surface area (Å²) >= 11 is 0. The van der Waals surface area contributed by atoms with Crippen molar-refractivity contribution in [1.29, 1.82) is 0 Å². The summed E-state index contributed by atoms with van der Waals surface area (Å²) in [5.74, 6) is -5.12. The van der Waals surface area contributed by atoms with Crippen LogP contribution in [0.25, 0.3) is 0 Å². The molecule has 1 aromatic rings. The second kappa shape index (κ2) is 7.90. The van der Waals surface area contributed by atoms with Gasteiger partial charge in [0.05, 0.1) is 13.1 Å². The number of nitrogens with one attached hydrogen (secondary N) is 1. The molecular formula is C16H22ClF2N3O2. The fraction of sp³-hybridized carbons (Fsp3) is 0.500. The molecule has 1 aliphatic rings. The minimum Gasteiger partial charge on any atom is -0.349 e. The Hall–Kier alpha value is -1.73. The fourth-order valence-corrected chi connectivity index (χ4v) is 2.70. The molecular weight excluding hydrogens is 340 g/mol. The summed E-state index contributed by atoms with van der Waals surface area (Å²) in [4.78, 5) is 25.9. The van der Waals surface area contributed by atoms with Gasteiger partial charge in [0, 0.05) is 12.2 Å². The lowest BCUT2D eigenvalue weighted by molar-refractivity contribution is -0.133. The van der Waals surface area contributed by atoms with Gasteiger partial charge in [0.2, 0.25) is 11.8 Å². The zero-order chi connectivity index (χ0) is 17.2. The maximum Gasteiger partial charge on any atom is 0.277 e. The van der Waals surface area contributed by atoms with Crippen molar-refractivity contribution in [3.8, 4) is 0 Å². The number of rotatable bonds is 5. The molecule has 1 fully saturated rings. The number of alkyl halides is 2. The van der Waals surface area contributed by atoms with Crippen LogP contribution in [0.3, 0.4) is 0 Å². The number of hydrogen-bond acceptors (Lipinski definition) is 3. The first-order valence-corrected chi connectivity index (χ1v) is 7.49. The number of carbonyl (C=O) groups is 2. The highest BCUT2D eigenvalue weighted by atomic mass is 35.5. The van der Waals surface area contributed by atoms with E-state index in [9.17, 15) is 18.4 Å². The molecule has 3 N–H and O–H groups in total. The molecule has 1 unspecified atom stereocenters. The second-order valence-corrected chi connectivity index (χ2v) is 5.95. The van der Waals surface area contributed by atoms with Crippen molar-refractivity contribution in [1.82, 2.24) is 5.32 Å². The van der Waals surface area contributed by atoms with E-state index in [-0.39, 0.29) is 18.3 Å². The number of nitrogens with zero attached hydrogens (tertiary/aromatic N) is 1. The molecule has 2 rings (SSSR count). The van der Waals surface area contributed by atoms with Gasteiger partial charge in [-0.25, -0.2) is 8.78 Å². The summed E-state index contributed by atoms with van der Waals surface area (Å²) in [6.45, 7) is 2.55. The quantitative estimate of drug-likeness (QED) is 0.785. The average molecular weight is 362 g/mol. The first-order valence-electron chi connectivity index (χ1n) is 7.49. The number of amides is 2. The molecule has 134 valence electrons. The summed E-state index contributed by atoms with van der Waals surface area (Å²) in [6.07, 6.45) is 0.311. The van der Waals surface area contributed by atoms with Crippen LogP contribution in [0.15, 0.2) is 18.2 Å². The van der Waals surface area contributed by atoms with Gasteiger partial charge in [-0.1, -0.05) is 6.07 Å². The predicted octanol–water partition coefficient (Wildman–Crippen LogP) is 1.79. The standard InChI is InChI=1S/C16H21F2N3O2.ClH/c1-10-5-11(2)7-12(6-10)21-4-3-13(15(21)23)14(22)20-9-16(17,18)8-19;/h5-7,13H,3-4,8-9,19H2,1-2H3,(H,20,22);1H. The highest BCUT2D eigenvalue weighted by molar-refractivity contribution is 6.09. The third-order valence-electron chi connectivity index (χ3n) is 3.86. The molecule has 1 saturated heterocycles. The van der Waals surface area contributed by atoms with Crippen molar-refractivity contribution in [2.45, 2.75) is 26.2 Å². The van der Waals surface area contributed by atoms with Crippen LogP contribution in [0.4, 0.5) is 14.5 Å². The first-order chi connectivity index (χ1) is 10.7. The smallest absolute Gasteiger partial charge is 0.277 e. The van der Waals surface area contributed by atoms with Crippen LogP contribution in [0.1, 0.15) is 17.5 Å². The third-order valence-corrected chi connectivity index (χ3v) is 3.86. The summed E-state index contributed by atoms with van der Waals surface area (Å²) < 4.78 is 26.2. The lowest BCUT2D eigenvalue weighted by atomic mass is 10.1. The van der Waals surface area contributed by atoms with Gasteiger partial charge < -0.3 is 16.0 Å². The normalized spacial score (nSPS) is 17.6. The van der Waals surface area contributed by atoms with E-state index in [1.165, 1.54) is 4.90 Å². The Morgan fingerprint density at radius 1 is 1.33 bits per heavy atom. The van der Waals surface area contributed by atoms with E-state index >= 15 is 0 Å². The van der Waals surface area contributed by atoms with E-state index in [1.807, 2.05) is 32.0 Å². The number of halogens is 3. The molecule has 24 heavy (non-hydrogen) atoms. The molecule has 8 heteroatoms. The molecule has 0 spiro atoms. The molecule has 0 radical (unpaired) electrons. The molecule has 5 nitrogen and oxygen atoms in total. The number of aryl methyl sites for hydroxylation is 2. The van der Waals surface area contributed by atoms with E-state index in [0.29, 0.717) is 13.0 Å². The van der Waals surface area contributed by atoms with E-state index in [4.69, 9.17) is 5.73 Å². The molecule has 1 aliphatic heterocycles. The van der Waals surface area contributed by atoms with Crippen LogP contribution >= 0.6 is 12.4 Å². The van der Waals surface area contributed by atoms with Crippen molar-refractivity contribution < 1.29 is 18.4 Å². The lowest BCUT2D eigenvalue weighted by Gasteiger charge is -2.19. The lowest BCUT2D eigenvalue weighted by Crippen LogP contribution is -2.45. The number of benzene rings is 1. The molecule has 0 aromatic heterocycles. The summed E-state index contributed by atoms with van der Waals surface area (Å²) in [6, 6.07) is 5.73. The second-order valence-electron chi connectivity index (χ2n) is 5.95. The van der Waals surface area contributed by atoms with E-state index < -0.39 is 30.8 Å². The Morgan fingerprint density at radius 2 is 1.92 bits per heavy atom. The van der Waals surface area contributed by atoms with E-state index in [2.05, 4.69) is 5.32 Å². The Kier molecular flexibility index (Phi) is 6.68. The fourth-order valence-electron chi connectivity index (χ4n) is 2.70. The topological polar surface area (TPSA) is 75.4 Å². The van der Waals surface area contributed by atoms with Crippen molar-refractivity contribution in [3.63, 3.8) is 0 Å². The van der Waals surface area contributed by atoms with Crippen LogP contribution < -0.4 is 16.0 Å². The Bertz CT molecular complexity index is 605. The Balaban J connectivity index is 0.00000288. The molecule has 1 heterocycles. The maximum atomic E-state index is 13.1. The average Bonchev–Trinajstić information content (AvgIpc) is 2.86. The SMILES string of the molecule is Cc1cc(C)cc(N2CCC(C(=O)NCC(F)(F)CN)C2=O)c1.Cl. The van der Waals surface area contributed by atoms with E-state index in [1.54, 1.807) is 0 Å². The van der Waals surface area contributed by atoms with E-state index in [0.717, 1.165) is 16.8 Å². The minimum absolute atomic E-state index is 0. The Morgan fingerprint density at radius 3 is 2.46 bits per heavy atom. The predicted molar refractivity (Wildman–Crippen MR) is 90.6 cm³/mol. The molecule has 2 amide bonds. The zero-order valence-electron chi connectivity index (χ0n) is 13.6. The van der Waals surface area contributed by atoms with Gasteiger partial charge >= 0.3 is 0 Å². The first kappa shape index (κ1) is 20.3. The largest absolute Gasteiger partial charge is 0.349 e. The van der Waals surface area contributed by atoms with Crippen LogP contribution in [-0.4, -0.2) is 37.4 Å². The van der Waals surface area contributed by atoms with Gasteiger partial charge in [-0.15, -0.1) is 12.4 Å². The van der Waals surface area contributed by atoms with Crippen LogP contribution in [-0.2, 0) is 9.59 Å². The molecule has 1 aromatic carbocycles. The summed E-state index contributed by atoms with van der Waals surface area (Å²) in [5, 5.41) is 2.12. The molecule has 1 atom stereocenters. The van der Waals surface area contributed by atoms with Gasteiger partial charge in [-0.2, -0.15) is 0 Å². The highest BCUT2D eigenvalue weighted by Crippen LogP contribution is 2.27. The van der Waals surface area contributed by atoms with Gasteiger partial charge in [-0.3, -0.25) is 9.59 Å². The highest BCUT2D eigenvalue weighted by Gasteiger charge is 2.38. The van der Waals surface area contributed by atoms with Crippen molar-refractivity contribution >= 4 is 29.9 Å². The van der Waals surface area contributed by atoms with Gasteiger partial charge in [0.15, 0.2) is 0 Å². The van der Waals surface area contributed by atoms with Gasteiger partial charge in [0.25, 0.3) is 5.92 Å². The Labute approximate surface area is 146 Å². The molecule has 0 bridgehead atoms. The van der Waals surface area contributed by atoms with Crippen molar-refractivity contribution in [2.24, 2.45) is 11.7 Å². The molecule has 0 saturated carbocycles. The number of nitrogens with two attached hydrogens (primary N) is 1. The number of hydrogen-bond donors (Lipinski definition) is 2. The molecule has 0 aliphatic carbocycles.